The maximum atomic E-state index is 5.03. The summed E-state index contributed by atoms with van der Waals surface area (Å²) >= 11 is 0. The van der Waals surface area contributed by atoms with Crippen molar-refractivity contribution in [3.05, 3.63) is 35.4 Å². The fourth-order valence-corrected chi connectivity index (χ4v) is 2.01. The second kappa shape index (κ2) is 8.26. The number of rotatable bonds is 8. The van der Waals surface area contributed by atoms with Crippen molar-refractivity contribution < 1.29 is 4.74 Å². The van der Waals surface area contributed by atoms with Crippen LogP contribution in [0.5, 0.6) is 0 Å². The third-order valence-electron chi connectivity index (χ3n) is 3.10. The average Bonchev–Trinajstić information content (AvgIpc) is 2.33. The first-order valence-corrected chi connectivity index (χ1v) is 6.51. The molecule has 1 unspecified atom stereocenters. The Morgan fingerprint density at radius 1 is 1.35 bits per heavy atom. The lowest BCUT2D eigenvalue weighted by Crippen LogP contribution is -2.27. The summed E-state index contributed by atoms with van der Waals surface area (Å²) in [5.74, 6) is 0.716. The molecule has 0 radical (unpaired) electrons. The molecule has 0 saturated heterocycles. The van der Waals surface area contributed by atoms with Crippen molar-refractivity contribution in [2.24, 2.45) is 5.92 Å². The Bertz CT molecular complexity index is 312. The SMILES string of the molecule is CCC(CNCCOC)Cc1cccc(C)c1. The highest BCUT2D eigenvalue weighted by atomic mass is 16.5. The van der Waals surface area contributed by atoms with Crippen LogP contribution in [-0.2, 0) is 11.2 Å². The van der Waals surface area contributed by atoms with Gasteiger partial charge in [0.2, 0.25) is 0 Å². The van der Waals surface area contributed by atoms with Gasteiger partial charge < -0.3 is 10.1 Å². The van der Waals surface area contributed by atoms with Crippen LogP contribution in [0.1, 0.15) is 24.5 Å². The van der Waals surface area contributed by atoms with Crippen molar-refractivity contribution in [2.45, 2.75) is 26.7 Å². The molecular weight excluding hydrogens is 210 g/mol. The van der Waals surface area contributed by atoms with Gasteiger partial charge in [0.1, 0.15) is 0 Å². The third-order valence-corrected chi connectivity index (χ3v) is 3.10. The summed E-state index contributed by atoms with van der Waals surface area (Å²) in [5, 5.41) is 3.45. The summed E-state index contributed by atoms with van der Waals surface area (Å²) in [6, 6.07) is 8.82. The number of hydrogen-bond donors (Lipinski definition) is 1. The fraction of sp³-hybridized carbons (Fsp3) is 0.600. The lowest BCUT2D eigenvalue weighted by molar-refractivity contribution is 0.197. The Balaban J connectivity index is 2.35. The van der Waals surface area contributed by atoms with E-state index in [9.17, 15) is 0 Å². The van der Waals surface area contributed by atoms with Gasteiger partial charge in [0.05, 0.1) is 6.61 Å². The summed E-state index contributed by atoms with van der Waals surface area (Å²) in [6.07, 6.45) is 2.38. The van der Waals surface area contributed by atoms with Crippen LogP contribution < -0.4 is 5.32 Å². The van der Waals surface area contributed by atoms with Crippen LogP contribution in [0.15, 0.2) is 24.3 Å². The van der Waals surface area contributed by atoms with E-state index in [1.165, 1.54) is 17.5 Å². The standard InChI is InChI=1S/C15H25NO/c1-4-14(12-16-8-9-17-3)11-15-7-5-6-13(2)10-15/h5-7,10,14,16H,4,8-9,11-12H2,1-3H3. The molecule has 0 aliphatic carbocycles. The van der Waals surface area contributed by atoms with Gasteiger partial charge in [0.15, 0.2) is 0 Å². The zero-order valence-electron chi connectivity index (χ0n) is 11.3. The summed E-state index contributed by atoms with van der Waals surface area (Å²) in [4.78, 5) is 0. The second-order valence-corrected chi connectivity index (χ2v) is 4.66. The Morgan fingerprint density at radius 3 is 2.82 bits per heavy atom. The van der Waals surface area contributed by atoms with Gasteiger partial charge in [-0.2, -0.15) is 0 Å². The van der Waals surface area contributed by atoms with E-state index in [0.29, 0.717) is 5.92 Å². The van der Waals surface area contributed by atoms with Gasteiger partial charge in [-0.1, -0.05) is 43.2 Å². The van der Waals surface area contributed by atoms with Crippen molar-refractivity contribution in [1.29, 1.82) is 0 Å². The van der Waals surface area contributed by atoms with E-state index in [1.807, 2.05) is 0 Å². The van der Waals surface area contributed by atoms with Crippen molar-refractivity contribution in [3.63, 3.8) is 0 Å². The Morgan fingerprint density at radius 2 is 2.18 bits per heavy atom. The van der Waals surface area contributed by atoms with Crippen LogP contribution in [-0.4, -0.2) is 26.8 Å². The summed E-state index contributed by atoms with van der Waals surface area (Å²) in [7, 11) is 1.74. The normalized spacial score (nSPS) is 12.6. The largest absolute Gasteiger partial charge is 0.383 e. The van der Waals surface area contributed by atoms with Gasteiger partial charge in [-0.25, -0.2) is 0 Å². The monoisotopic (exact) mass is 235 g/mol. The Hall–Kier alpha value is -0.860. The van der Waals surface area contributed by atoms with Crippen LogP contribution in [0.25, 0.3) is 0 Å². The first-order chi connectivity index (χ1) is 8.26. The predicted octanol–water partition coefficient (Wildman–Crippen LogP) is 2.80. The van der Waals surface area contributed by atoms with E-state index in [2.05, 4.69) is 43.4 Å². The molecular formula is C15H25NO. The maximum Gasteiger partial charge on any atom is 0.0587 e. The number of nitrogens with one attached hydrogen (secondary N) is 1. The average molecular weight is 235 g/mol. The van der Waals surface area contributed by atoms with Gasteiger partial charge in [0, 0.05) is 13.7 Å². The molecule has 0 aliphatic heterocycles. The highest BCUT2D eigenvalue weighted by Gasteiger charge is 2.07. The number of hydrogen-bond acceptors (Lipinski definition) is 2. The minimum Gasteiger partial charge on any atom is -0.383 e. The molecule has 0 aliphatic rings. The number of benzene rings is 1. The highest BCUT2D eigenvalue weighted by molar-refractivity contribution is 5.22. The molecule has 0 fully saturated rings. The van der Waals surface area contributed by atoms with Gasteiger partial charge in [-0.05, 0) is 31.4 Å². The summed E-state index contributed by atoms with van der Waals surface area (Å²) in [5.41, 5.74) is 2.80. The molecule has 2 heteroatoms. The van der Waals surface area contributed by atoms with Gasteiger partial charge >= 0.3 is 0 Å². The first-order valence-electron chi connectivity index (χ1n) is 6.51. The molecule has 1 rings (SSSR count). The van der Waals surface area contributed by atoms with Gasteiger partial charge in [0.25, 0.3) is 0 Å². The minimum atomic E-state index is 0.716. The zero-order chi connectivity index (χ0) is 12.5. The van der Waals surface area contributed by atoms with Crippen LogP contribution in [0.4, 0.5) is 0 Å². The summed E-state index contributed by atoms with van der Waals surface area (Å²) in [6.45, 7) is 7.23. The second-order valence-electron chi connectivity index (χ2n) is 4.66. The van der Waals surface area contributed by atoms with E-state index < -0.39 is 0 Å². The van der Waals surface area contributed by atoms with Crippen LogP contribution >= 0.6 is 0 Å². The minimum absolute atomic E-state index is 0.716. The predicted molar refractivity (Wildman–Crippen MR) is 73.4 cm³/mol. The molecule has 1 aromatic rings. The smallest absolute Gasteiger partial charge is 0.0587 e. The van der Waals surface area contributed by atoms with Crippen molar-refractivity contribution in [2.75, 3.05) is 26.8 Å². The third kappa shape index (κ3) is 5.85. The number of methoxy groups -OCH3 is 1. The molecule has 0 heterocycles. The summed E-state index contributed by atoms with van der Waals surface area (Å²) < 4.78 is 5.03. The van der Waals surface area contributed by atoms with Crippen LogP contribution in [0.2, 0.25) is 0 Å². The lowest BCUT2D eigenvalue weighted by Gasteiger charge is -2.16. The molecule has 0 bridgehead atoms. The molecule has 17 heavy (non-hydrogen) atoms. The Kier molecular flexibility index (Phi) is 6.90. The molecule has 0 spiro atoms. The quantitative estimate of drug-likeness (QED) is 0.700. The number of aryl methyl sites for hydroxylation is 1. The van der Waals surface area contributed by atoms with Gasteiger partial charge in [-0.15, -0.1) is 0 Å². The van der Waals surface area contributed by atoms with Crippen LogP contribution in [0.3, 0.4) is 0 Å². The van der Waals surface area contributed by atoms with E-state index in [1.54, 1.807) is 7.11 Å². The molecule has 0 saturated carbocycles. The van der Waals surface area contributed by atoms with Crippen LogP contribution in [0, 0.1) is 12.8 Å². The van der Waals surface area contributed by atoms with Crippen molar-refractivity contribution in [3.8, 4) is 0 Å². The molecule has 1 N–H and O–H groups in total. The maximum absolute atomic E-state index is 5.03. The topological polar surface area (TPSA) is 21.3 Å². The lowest BCUT2D eigenvalue weighted by atomic mass is 9.96. The van der Waals surface area contributed by atoms with Gasteiger partial charge in [-0.3, -0.25) is 0 Å². The molecule has 0 amide bonds. The van der Waals surface area contributed by atoms with E-state index in [4.69, 9.17) is 4.74 Å². The zero-order valence-corrected chi connectivity index (χ0v) is 11.3. The van der Waals surface area contributed by atoms with Crippen molar-refractivity contribution in [1.82, 2.24) is 5.32 Å². The van der Waals surface area contributed by atoms with E-state index >= 15 is 0 Å². The molecule has 0 aromatic heterocycles. The number of ether oxygens (including phenoxy) is 1. The molecule has 2 nitrogen and oxygen atoms in total. The van der Waals surface area contributed by atoms with E-state index in [0.717, 1.165) is 26.1 Å². The first kappa shape index (κ1) is 14.2. The molecule has 1 aromatic carbocycles. The van der Waals surface area contributed by atoms with Crippen molar-refractivity contribution >= 4 is 0 Å². The Labute approximate surface area is 105 Å². The molecule has 96 valence electrons. The highest BCUT2D eigenvalue weighted by Crippen LogP contribution is 2.12. The fourth-order valence-electron chi connectivity index (χ4n) is 2.01. The van der Waals surface area contributed by atoms with E-state index in [-0.39, 0.29) is 0 Å². The molecule has 1 atom stereocenters.